The van der Waals surface area contributed by atoms with Gasteiger partial charge in [0.05, 0.1) is 5.69 Å². The van der Waals surface area contributed by atoms with Crippen LogP contribution in [0.15, 0.2) is 6.07 Å². The molecule has 1 aliphatic carbocycles. The van der Waals surface area contributed by atoms with Crippen molar-refractivity contribution < 1.29 is 0 Å². The van der Waals surface area contributed by atoms with Gasteiger partial charge in [-0.1, -0.05) is 19.3 Å². The molecule has 0 unspecified atom stereocenters. The Morgan fingerprint density at radius 1 is 1.38 bits per heavy atom. The van der Waals surface area contributed by atoms with E-state index in [1.807, 2.05) is 7.05 Å². The topological polar surface area (TPSA) is 40.7 Å². The minimum atomic E-state index is 0.725. The summed E-state index contributed by atoms with van der Waals surface area (Å²) in [4.78, 5) is 0. The van der Waals surface area contributed by atoms with E-state index in [-0.39, 0.29) is 0 Å². The quantitative estimate of drug-likeness (QED) is 0.750. The molecule has 0 saturated heterocycles. The number of aromatic nitrogens is 2. The van der Waals surface area contributed by atoms with Gasteiger partial charge in [-0.25, -0.2) is 0 Å². The van der Waals surface area contributed by atoms with Crippen LogP contribution in [-0.2, 0) is 6.42 Å². The van der Waals surface area contributed by atoms with Crippen molar-refractivity contribution in [3.8, 4) is 0 Å². The highest BCUT2D eigenvalue weighted by Crippen LogP contribution is 2.31. The van der Waals surface area contributed by atoms with Crippen molar-refractivity contribution in [3.63, 3.8) is 0 Å². The second-order valence-electron chi connectivity index (χ2n) is 4.86. The van der Waals surface area contributed by atoms with E-state index < -0.39 is 0 Å². The van der Waals surface area contributed by atoms with Crippen molar-refractivity contribution in [3.05, 3.63) is 17.5 Å². The molecule has 90 valence electrons. The van der Waals surface area contributed by atoms with Gasteiger partial charge < -0.3 is 5.32 Å². The summed E-state index contributed by atoms with van der Waals surface area (Å²) in [5.41, 5.74) is 2.61. The van der Waals surface area contributed by atoms with Crippen molar-refractivity contribution in [1.82, 2.24) is 15.5 Å². The van der Waals surface area contributed by atoms with E-state index >= 15 is 0 Å². The van der Waals surface area contributed by atoms with Gasteiger partial charge in [0.2, 0.25) is 0 Å². The molecular weight excluding hydrogens is 198 g/mol. The summed E-state index contributed by atoms with van der Waals surface area (Å²) in [6.07, 6.45) is 9.14. The van der Waals surface area contributed by atoms with Gasteiger partial charge in [0.25, 0.3) is 0 Å². The molecule has 1 saturated carbocycles. The normalized spacial score (nSPS) is 17.8. The van der Waals surface area contributed by atoms with Gasteiger partial charge in [0, 0.05) is 11.6 Å². The predicted octanol–water partition coefficient (Wildman–Crippen LogP) is 2.61. The van der Waals surface area contributed by atoms with E-state index in [2.05, 4.69) is 21.6 Å². The molecule has 1 aliphatic rings. The molecule has 1 aromatic heterocycles. The maximum absolute atomic E-state index is 4.47. The van der Waals surface area contributed by atoms with E-state index in [0.29, 0.717) is 0 Å². The predicted molar refractivity (Wildman–Crippen MR) is 66.7 cm³/mol. The molecule has 3 heteroatoms. The monoisotopic (exact) mass is 221 g/mol. The molecule has 0 amide bonds. The maximum Gasteiger partial charge on any atom is 0.0655 e. The minimum absolute atomic E-state index is 0.725. The standard InChI is InChI=1S/C13H23N3/c1-14-9-5-8-12-10-13(16-15-12)11-6-3-2-4-7-11/h10-11,14H,2-9H2,1H3,(H,15,16). The zero-order chi connectivity index (χ0) is 11.2. The van der Waals surface area contributed by atoms with E-state index in [0.717, 1.165) is 18.9 Å². The fourth-order valence-electron chi connectivity index (χ4n) is 2.57. The third-order valence-corrected chi connectivity index (χ3v) is 3.55. The van der Waals surface area contributed by atoms with Crippen LogP contribution in [0.25, 0.3) is 0 Å². The maximum atomic E-state index is 4.47. The van der Waals surface area contributed by atoms with Crippen LogP contribution in [0.5, 0.6) is 0 Å². The van der Waals surface area contributed by atoms with E-state index in [4.69, 9.17) is 0 Å². The van der Waals surface area contributed by atoms with Gasteiger partial charge >= 0.3 is 0 Å². The Hall–Kier alpha value is -0.830. The highest BCUT2D eigenvalue weighted by atomic mass is 15.1. The third-order valence-electron chi connectivity index (χ3n) is 3.55. The summed E-state index contributed by atoms with van der Waals surface area (Å²) >= 11 is 0. The summed E-state index contributed by atoms with van der Waals surface area (Å²) in [5, 5.41) is 10.8. The number of nitrogens with zero attached hydrogens (tertiary/aromatic N) is 1. The molecule has 1 heterocycles. The molecule has 16 heavy (non-hydrogen) atoms. The van der Waals surface area contributed by atoms with Crippen molar-refractivity contribution in [1.29, 1.82) is 0 Å². The van der Waals surface area contributed by atoms with Crippen LogP contribution in [0, 0.1) is 0 Å². The fraction of sp³-hybridized carbons (Fsp3) is 0.769. The molecular formula is C13H23N3. The molecule has 1 fully saturated rings. The first-order chi connectivity index (χ1) is 7.90. The van der Waals surface area contributed by atoms with Gasteiger partial charge in [-0.05, 0) is 45.3 Å². The Morgan fingerprint density at radius 3 is 2.94 bits per heavy atom. The summed E-state index contributed by atoms with van der Waals surface area (Å²) in [6.45, 7) is 1.08. The zero-order valence-corrected chi connectivity index (χ0v) is 10.3. The molecule has 0 aliphatic heterocycles. The van der Waals surface area contributed by atoms with Gasteiger partial charge in [-0.2, -0.15) is 5.10 Å². The summed E-state index contributed by atoms with van der Waals surface area (Å²) in [7, 11) is 2.00. The Balaban J connectivity index is 1.85. The van der Waals surface area contributed by atoms with Crippen LogP contribution in [0.4, 0.5) is 0 Å². The first-order valence-corrected chi connectivity index (χ1v) is 6.59. The zero-order valence-electron chi connectivity index (χ0n) is 10.3. The largest absolute Gasteiger partial charge is 0.320 e. The molecule has 0 bridgehead atoms. The number of rotatable bonds is 5. The lowest BCUT2D eigenvalue weighted by atomic mass is 9.87. The summed E-state index contributed by atoms with van der Waals surface area (Å²) in [5.74, 6) is 0.725. The van der Waals surface area contributed by atoms with Crippen LogP contribution in [-0.4, -0.2) is 23.8 Å². The van der Waals surface area contributed by atoms with Crippen LogP contribution < -0.4 is 5.32 Å². The highest BCUT2D eigenvalue weighted by molar-refractivity contribution is 5.13. The Labute approximate surface area is 98.0 Å². The molecule has 2 rings (SSSR count). The number of aromatic amines is 1. The third kappa shape index (κ3) is 3.08. The van der Waals surface area contributed by atoms with Crippen LogP contribution in [0.2, 0.25) is 0 Å². The highest BCUT2D eigenvalue weighted by Gasteiger charge is 2.17. The lowest BCUT2D eigenvalue weighted by molar-refractivity contribution is 0.436. The van der Waals surface area contributed by atoms with Gasteiger partial charge in [-0.15, -0.1) is 0 Å². The molecule has 0 spiro atoms. The van der Waals surface area contributed by atoms with Gasteiger partial charge in [-0.3, -0.25) is 5.10 Å². The van der Waals surface area contributed by atoms with Crippen molar-refractivity contribution in [2.75, 3.05) is 13.6 Å². The summed E-state index contributed by atoms with van der Waals surface area (Å²) in [6, 6.07) is 2.28. The molecule has 3 nitrogen and oxygen atoms in total. The smallest absolute Gasteiger partial charge is 0.0655 e. The lowest BCUT2D eigenvalue weighted by Gasteiger charge is -2.19. The number of aryl methyl sites for hydroxylation is 1. The second kappa shape index (κ2) is 6.04. The number of nitrogens with one attached hydrogen (secondary N) is 2. The average Bonchev–Trinajstić information content (AvgIpc) is 2.79. The molecule has 2 N–H and O–H groups in total. The SMILES string of the molecule is CNCCCc1cc(C2CCCCC2)n[nH]1. The molecule has 0 radical (unpaired) electrons. The van der Waals surface area contributed by atoms with E-state index in [1.165, 1.54) is 49.9 Å². The lowest BCUT2D eigenvalue weighted by Crippen LogP contribution is -2.08. The average molecular weight is 221 g/mol. The Morgan fingerprint density at radius 2 is 2.19 bits per heavy atom. The van der Waals surface area contributed by atoms with Crippen molar-refractivity contribution in [2.24, 2.45) is 0 Å². The number of hydrogen-bond donors (Lipinski definition) is 2. The first kappa shape index (κ1) is 11.6. The number of hydrogen-bond acceptors (Lipinski definition) is 2. The Kier molecular flexibility index (Phi) is 4.40. The number of H-pyrrole nitrogens is 1. The van der Waals surface area contributed by atoms with E-state index in [1.54, 1.807) is 0 Å². The van der Waals surface area contributed by atoms with Gasteiger partial charge in [0.1, 0.15) is 0 Å². The summed E-state index contributed by atoms with van der Waals surface area (Å²) < 4.78 is 0. The molecule has 0 aromatic carbocycles. The van der Waals surface area contributed by atoms with Crippen LogP contribution >= 0.6 is 0 Å². The van der Waals surface area contributed by atoms with E-state index in [9.17, 15) is 0 Å². The second-order valence-corrected chi connectivity index (χ2v) is 4.86. The van der Waals surface area contributed by atoms with Crippen LogP contribution in [0.3, 0.4) is 0 Å². The fourth-order valence-corrected chi connectivity index (χ4v) is 2.57. The van der Waals surface area contributed by atoms with Crippen molar-refractivity contribution in [2.45, 2.75) is 50.9 Å². The molecule has 1 aromatic rings. The Bertz CT molecular complexity index is 300. The minimum Gasteiger partial charge on any atom is -0.320 e. The van der Waals surface area contributed by atoms with Crippen molar-refractivity contribution >= 4 is 0 Å². The van der Waals surface area contributed by atoms with Gasteiger partial charge in [0.15, 0.2) is 0 Å². The molecule has 0 atom stereocenters. The first-order valence-electron chi connectivity index (χ1n) is 6.59. The van der Waals surface area contributed by atoms with Crippen LogP contribution in [0.1, 0.15) is 55.8 Å².